The molecule has 8 nitrogen and oxygen atoms in total. The monoisotopic (exact) mass is 934 g/mol. The van der Waals surface area contributed by atoms with Gasteiger partial charge in [0.25, 0.3) is 0 Å². The van der Waals surface area contributed by atoms with Gasteiger partial charge in [0, 0.05) is 6.42 Å². The van der Waals surface area contributed by atoms with Gasteiger partial charge in [-0.3, -0.25) is 13.8 Å². The largest absolute Gasteiger partial charge is 0.472 e. The van der Waals surface area contributed by atoms with Crippen molar-refractivity contribution >= 4 is 13.7 Å². The molecule has 0 aliphatic carbocycles. The smallest absolute Gasteiger partial charge is 0.387 e. The van der Waals surface area contributed by atoms with Gasteiger partial charge < -0.3 is 19.8 Å². The Morgan fingerprint density at radius 2 is 0.923 bits per heavy atom. The van der Waals surface area contributed by atoms with Gasteiger partial charge in [0.1, 0.15) is 13.2 Å². The number of amides is 1. The van der Waals surface area contributed by atoms with Crippen molar-refractivity contribution in [2.24, 2.45) is 0 Å². The first kappa shape index (κ1) is 63.2. The van der Waals surface area contributed by atoms with Crippen LogP contribution < -0.4 is 5.32 Å². The van der Waals surface area contributed by atoms with Crippen LogP contribution in [0.2, 0.25) is 0 Å². The summed E-state index contributed by atoms with van der Waals surface area (Å²) in [6.07, 6.45) is 63.1. The minimum Gasteiger partial charge on any atom is -0.387 e. The molecule has 0 aromatic rings. The molecule has 0 spiro atoms. The molecule has 0 fully saturated rings. The number of rotatable bonds is 49. The molecule has 0 radical (unpaired) electrons. The van der Waals surface area contributed by atoms with Crippen LogP contribution in [0.5, 0.6) is 0 Å². The Kier molecular flexibility index (Phi) is 46.0. The molecular formula is C56H106N2O6P+. The number of nitrogens with zero attached hydrogens (tertiary/aromatic N) is 1. The van der Waals surface area contributed by atoms with Gasteiger partial charge in [-0.2, -0.15) is 0 Å². The summed E-state index contributed by atoms with van der Waals surface area (Å²) in [6.45, 7) is 4.71. The first-order valence-electron chi connectivity index (χ1n) is 27.2. The molecule has 0 rings (SSSR count). The molecule has 0 heterocycles. The molecular weight excluding hydrogens is 828 g/mol. The first-order chi connectivity index (χ1) is 31.5. The van der Waals surface area contributed by atoms with Crippen LogP contribution in [0.4, 0.5) is 0 Å². The summed E-state index contributed by atoms with van der Waals surface area (Å²) in [5.41, 5.74) is 0. The maximum atomic E-state index is 12.9. The van der Waals surface area contributed by atoms with Crippen LogP contribution in [-0.4, -0.2) is 73.4 Å². The van der Waals surface area contributed by atoms with Gasteiger partial charge in [0.05, 0.1) is 39.9 Å². The van der Waals surface area contributed by atoms with Crippen molar-refractivity contribution in [1.82, 2.24) is 5.32 Å². The normalized spacial score (nSPS) is 14.5. The minimum atomic E-state index is -4.34. The molecule has 1 amide bonds. The SMILES string of the molecule is CC/C=C\C/C=C\C/C=C\C/C=C\CCCCCCCCCCCCCCCCCCC(=O)NC(COP(=O)(O)OCC[N+](C)(C)C)C(O)/C=C/CCCCCCCCCCCCCC. The number of phosphoric acid groups is 1. The van der Waals surface area contributed by atoms with E-state index in [-0.39, 0.29) is 19.1 Å². The van der Waals surface area contributed by atoms with Crippen molar-refractivity contribution in [3.8, 4) is 0 Å². The Bertz CT molecular complexity index is 1240. The van der Waals surface area contributed by atoms with E-state index in [1.807, 2.05) is 27.2 Å². The zero-order chi connectivity index (χ0) is 47.8. The fourth-order valence-electron chi connectivity index (χ4n) is 7.74. The lowest BCUT2D eigenvalue weighted by atomic mass is 10.0. The number of unbranched alkanes of at least 4 members (excludes halogenated alkanes) is 28. The Morgan fingerprint density at radius 1 is 0.538 bits per heavy atom. The van der Waals surface area contributed by atoms with Gasteiger partial charge in [0.15, 0.2) is 0 Å². The summed E-state index contributed by atoms with van der Waals surface area (Å²) in [6, 6.07) is -0.847. The second-order valence-corrected chi connectivity index (χ2v) is 21.0. The second kappa shape index (κ2) is 47.3. The van der Waals surface area contributed by atoms with Gasteiger partial charge in [-0.15, -0.1) is 0 Å². The number of aliphatic hydroxyl groups is 1. The van der Waals surface area contributed by atoms with E-state index < -0.39 is 20.0 Å². The van der Waals surface area contributed by atoms with Crippen molar-refractivity contribution in [2.75, 3.05) is 40.9 Å². The number of carbonyl (C=O) groups is 1. The van der Waals surface area contributed by atoms with E-state index in [2.05, 4.69) is 67.8 Å². The average Bonchev–Trinajstić information content (AvgIpc) is 3.26. The quantitative estimate of drug-likeness (QED) is 0.0243. The van der Waals surface area contributed by atoms with E-state index in [1.54, 1.807) is 6.08 Å². The molecule has 380 valence electrons. The first-order valence-corrected chi connectivity index (χ1v) is 28.7. The summed E-state index contributed by atoms with van der Waals surface area (Å²) in [5, 5.41) is 13.9. The second-order valence-electron chi connectivity index (χ2n) is 19.6. The lowest BCUT2D eigenvalue weighted by molar-refractivity contribution is -0.870. The number of phosphoric ester groups is 1. The topological polar surface area (TPSA) is 105 Å². The maximum Gasteiger partial charge on any atom is 0.472 e. The molecule has 0 bridgehead atoms. The molecule has 3 atom stereocenters. The number of hydrogen-bond donors (Lipinski definition) is 3. The highest BCUT2D eigenvalue weighted by Crippen LogP contribution is 2.43. The van der Waals surface area contributed by atoms with Crippen molar-refractivity contribution in [1.29, 1.82) is 0 Å². The molecule has 3 N–H and O–H groups in total. The van der Waals surface area contributed by atoms with Crippen molar-refractivity contribution in [3.05, 3.63) is 60.8 Å². The summed E-state index contributed by atoms with van der Waals surface area (Å²) in [5.74, 6) is -0.177. The number of hydrogen-bond acceptors (Lipinski definition) is 5. The van der Waals surface area contributed by atoms with Crippen LogP contribution in [0.15, 0.2) is 60.8 Å². The fourth-order valence-corrected chi connectivity index (χ4v) is 8.48. The van der Waals surface area contributed by atoms with Gasteiger partial charge in [-0.05, 0) is 57.8 Å². The Morgan fingerprint density at radius 3 is 1.35 bits per heavy atom. The Hall–Kier alpha value is -1.80. The lowest BCUT2D eigenvalue weighted by Crippen LogP contribution is -2.45. The van der Waals surface area contributed by atoms with E-state index in [0.29, 0.717) is 17.4 Å². The third-order valence-electron chi connectivity index (χ3n) is 12.0. The van der Waals surface area contributed by atoms with Crippen LogP contribution in [0.3, 0.4) is 0 Å². The molecule has 0 saturated carbocycles. The molecule has 0 aromatic carbocycles. The number of nitrogens with one attached hydrogen (secondary N) is 1. The summed E-state index contributed by atoms with van der Waals surface area (Å²) < 4.78 is 23.6. The van der Waals surface area contributed by atoms with Crippen LogP contribution in [-0.2, 0) is 18.4 Å². The zero-order valence-corrected chi connectivity index (χ0v) is 44.1. The third kappa shape index (κ3) is 49.9. The number of aliphatic hydroxyl groups excluding tert-OH is 1. The molecule has 0 aromatic heterocycles. The third-order valence-corrected chi connectivity index (χ3v) is 13.0. The molecule has 0 aliphatic heterocycles. The summed E-state index contributed by atoms with van der Waals surface area (Å²) in [7, 11) is 1.57. The van der Waals surface area contributed by atoms with Crippen molar-refractivity contribution in [2.45, 2.75) is 251 Å². The fraction of sp³-hybridized carbons (Fsp3) is 0.804. The minimum absolute atomic E-state index is 0.0609. The van der Waals surface area contributed by atoms with Crippen LogP contribution in [0.25, 0.3) is 0 Å². The average molecular weight is 934 g/mol. The predicted octanol–water partition coefficient (Wildman–Crippen LogP) is 16.1. The molecule has 0 saturated heterocycles. The predicted molar refractivity (Wildman–Crippen MR) is 281 cm³/mol. The highest BCUT2D eigenvalue weighted by molar-refractivity contribution is 7.47. The number of quaternary nitrogens is 1. The number of allylic oxidation sites excluding steroid dienone is 9. The highest BCUT2D eigenvalue weighted by atomic mass is 31.2. The van der Waals surface area contributed by atoms with E-state index in [1.165, 1.54) is 154 Å². The van der Waals surface area contributed by atoms with Crippen LogP contribution in [0, 0.1) is 0 Å². The number of likely N-dealkylation sites (N-methyl/N-ethyl adjacent to an activating group) is 1. The molecule has 3 unspecified atom stereocenters. The molecule has 65 heavy (non-hydrogen) atoms. The van der Waals surface area contributed by atoms with Gasteiger partial charge >= 0.3 is 7.82 Å². The van der Waals surface area contributed by atoms with E-state index >= 15 is 0 Å². The van der Waals surface area contributed by atoms with Gasteiger partial charge in [0.2, 0.25) is 5.91 Å². The summed E-state index contributed by atoms with van der Waals surface area (Å²) in [4.78, 5) is 23.2. The van der Waals surface area contributed by atoms with Gasteiger partial charge in [-0.25, -0.2) is 4.57 Å². The Labute approximate surface area is 402 Å². The van der Waals surface area contributed by atoms with Gasteiger partial charge in [-0.1, -0.05) is 235 Å². The van der Waals surface area contributed by atoms with E-state index in [4.69, 9.17) is 9.05 Å². The van der Waals surface area contributed by atoms with Crippen LogP contribution in [0.1, 0.15) is 239 Å². The Balaban J connectivity index is 4.13. The highest BCUT2D eigenvalue weighted by Gasteiger charge is 2.27. The van der Waals surface area contributed by atoms with Crippen molar-refractivity contribution in [3.63, 3.8) is 0 Å². The maximum absolute atomic E-state index is 12.9. The molecule has 0 aliphatic rings. The molecule has 9 heteroatoms. The van der Waals surface area contributed by atoms with E-state index in [9.17, 15) is 19.4 Å². The van der Waals surface area contributed by atoms with Crippen LogP contribution >= 0.6 is 7.82 Å². The van der Waals surface area contributed by atoms with Crippen molar-refractivity contribution < 1.29 is 32.9 Å². The number of carbonyl (C=O) groups excluding carboxylic acids is 1. The zero-order valence-electron chi connectivity index (χ0n) is 43.2. The summed E-state index contributed by atoms with van der Waals surface area (Å²) >= 11 is 0. The standard InChI is InChI=1S/C56H105N2O6P/c1-6-8-10-12-14-16-18-20-22-23-24-25-26-27-28-29-30-31-32-33-34-35-36-38-40-42-44-46-48-50-56(60)57-54(53-64-65(61,62)63-52-51-58(3,4)5)55(59)49-47-45-43-41-39-37-21-19-17-15-13-11-9-7-2/h8,10,14,16,20,22,24-25,47,49,54-55,59H,6-7,9,11-13,15,17-19,21,23,26-46,48,50-53H2,1-5H3,(H-,57,60,61,62)/p+1/b10-8-,16-14-,22-20-,25-24-,49-47+. The lowest BCUT2D eigenvalue weighted by Gasteiger charge is -2.25. The van der Waals surface area contributed by atoms with E-state index in [0.717, 1.165) is 64.2 Å².